The molecule has 2 aliphatic carbocycles. The van der Waals surface area contributed by atoms with Crippen LogP contribution in [-0.2, 0) is 12.8 Å². The highest BCUT2D eigenvalue weighted by molar-refractivity contribution is 5.32. The molecule has 1 saturated carbocycles. The minimum Gasteiger partial charge on any atom is -0.329 e. The third kappa shape index (κ3) is 2.32. The third-order valence-corrected chi connectivity index (χ3v) is 4.78. The smallest absolute Gasteiger partial charge is 0.0350 e. The summed E-state index contributed by atoms with van der Waals surface area (Å²) in [5.41, 5.74) is 9.29. The van der Waals surface area contributed by atoms with Crippen LogP contribution in [0.15, 0.2) is 24.3 Å². The number of hydrogen-bond donors (Lipinski definition) is 2. The van der Waals surface area contributed by atoms with Gasteiger partial charge in [-0.15, -0.1) is 0 Å². The van der Waals surface area contributed by atoms with Crippen LogP contribution in [0.25, 0.3) is 0 Å². The van der Waals surface area contributed by atoms with Crippen LogP contribution < -0.4 is 11.1 Å². The Bertz CT molecular complexity index is 409. The molecule has 0 heterocycles. The first-order chi connectivity index (χ1) is 8.81. The highest BCUT2D eigenvalue weighted by Gasteiger charge is 2.35. The molecule has 0 aliphatic heterocycles. The molecular weight excluding hydrogens is 220 g/mol. The quantitative estimate of drug-likeness (QED) is 0.857. The van der Waals surface area contributed by atoms with E-state index in [9.17, 15) is 0 Å². The van der Waals surface area contributed by atoms with Crippen molar-refractivity contribution in [2.75, 3.05) is 6.54 Å². The number of aryl methyl sites for hydroxylation is 1. The van der Waals surface area contributed by atoms with E-state index < -0.39 is 0 Å². The fraction of sp³-hybridized carbons (Fsp3) is 0.625. The number of nitrogens with one attached hydrogen (secondary N) is 1. The molecule has 3 rings (SSSR count). The molecule has 2 heteroatoms. The maximum atomic E-state index is 6.11. The van der Waals surface area contributed by atoms with Crippen LogP contribution in [0, 0.1) is 0 Å². The van der Waals surface area contributed by atoms with Crippen molar-refractivity contribution in [1.29, 1.82) is 0 Å². The molecule has 0 spiro atoms. The molecule has 0 bridgehead atoms. The van der Waals surface area contributed by atoms with Crippen molar-refractivity contribution in [3.8, 4) is 0 Å². The third-order valence-electron chi connectivity index (χ3n) is 4.78. The minimum atomic E-state index is 0.156. The highest BCUT2D eigenvalue weighted by Crippen LogP contribution is 2.30. The number of rotatable bonds is 3. The number of nitrogens with two attached hydrogens (primary N) is 1. The van der Waals surface area contributed by atoms with Crippen molar-refractivity contribution in [2.24, 2.45) is 5.73 Å². The maximum absolute atomic E-state index is 6.11. The van der Waals surface area contributed by atoms with Crippen molar-refractivity contribution < 1.29 is 0 Å². The second-order valence-electron chi connectivity index (χ2n) is 6.06. The lowest BCUT2D eigenvalue weighted by Crippen LogP contribution is -2.57. The summed E-state index contributed by atoms with van der Waals surface area (Å²) < 4.78 is 0. The Morgan fingerprint density at radius 3 is 2.61 bits per heavy atom. The lowest BCUT2D eigenvalue weighted by molar-refractivity contribution is 0.259. The molecule has 1 atom stereocenters. The molecule has 1 unspecified atom stereocenters. The fourth-order valence-electron chi connectivity index (χ4n) is 3.66. The molecule has 1 aromatic carbocycles. The lowest BCUT2D eigenvalue weighted by atomic mass is 9.77. The summed E-state index contributed by atoms with van der Waals surface area (Å²) in [6.07, 6.45) is 8.91. The summed E-state index contributed by atoms with van der Waals surface area (Å²) in [6, 6.07) is 9.55. The normalized spacial score (nSPS) is 28.3. The van der Waals surface area contributed by atoms with Crippen LogP contribution in [0.2, 0.25) is 0 Å². The van der Waals surface area contributed by atoms with E-state index in [1.54, 1.807) is 0 Å². The molecule has 18 heavy (non-hydrogen) atoms. The van der Waals surface area contributed by atoms with Gasteiger partial charge in [-0.1, -0.05) is 37.1 Å². The van der Waals surface area contributed by atoms with E-state index in [1.807, 2.05) is 0 Å². The molecule has 1 aromatic rings. The summed E-state index contributed by atoms with van der Waals surface area (Å²) >= 11 is 0. The lowest BCUT2D eigenvalue weighted by Gasteiger charge is -2.40. The van der Waals surface area contributed by atoms with Gasteiger partial charge in [-0.05, 0) is 43.2 Å². The van der Waals surface area contributed by atoms with Gasteiger partial charge in [0.25, 0.3) is 0 Å². The van der Waals surface area contributed by atoms with Gasteiger partial charge in [-0.2, -0.15) is 0 Å². The molecule has 2 aliphatic rings. The standard InChI is InChI=1S/C16H24N2/c17-12-16(18-15-7-3-4-8-15)10-9-13-5-1-2-6-14(13)11-16/h1-2,5-6,15,18H,3-4,7-12,17H2. The molecule has 0 aromatic heterocycles. The van der Waals surface area contributed by atoms with E-state index in [0.717, 1.165) is 13.0 Å². The van der Waals surface area contributed by atoms with Crippen LogP contribution in [-0.4, -0.2) is 18.1 Å². The molecule has 98 valence electrons. The molecular formula is C16H24N2. The Morgan fingerprint density at radius 1 is 1.17 bits per heavy atom. The average molecular weight is 244 g/mol. The van der Waals surface area contributed by atoms with Gasteiger partial charge < -0.3 is 11.1 Å². The highest BCUT2D eigenvalue weighted by atomic mass is 15.0. The van der Waals surface area contributed by atoms with E-state index in [2.05, 4.69) is 29.6 Å². The molecule has 1 fully saturated rings. The van der Waals surface area contributed by atoms with E-state index in [0.29, 0.717) is 6.04 Å². The largest absolute Gasteiger partial charge is 0.329 e. The molecule has 2 nitrogen and oxygen atoms in total. The first-order valence-electron chi connectivity index (χ1n) is 7.36. The van der Waals surface area contributed by atoms with Crippen molar-refractivity contribution >= 4 is 0 Å². The molecule has 0 saturated heterocycles. The van der Waals surface area contributed by atoms with Gasteiger partial charge in [-0.25, -0.2) is 0 Å². The number of fused-ring (bicyclic) bond motifs is 1. The van der Waals surface area contributed by atoms with Crippen molar-refractivity contribution in [2.45, 2.75) is 56.5 Å². The van der Waals surface area contributed by atoms with Crippen LogP contribution >= 0.6 is 0 Å². The SMILES string of the molecule is NCC1(NC2CCCC2)CCc2ccccc2C1. The Kier molecular flexibility index (Phi) is 3.40. The summed E-state index contributed by atoms with van der Waals surface area (Å²) in [5.74, 6) is 0. The van der Waals surface area contributed by atoms with Gasteiger partial charge >= 0.3 is 0 Å². The van der Waals surface area contributed by atoms with E-state index in [1.165, 1.54) is 49.7 Å². The fourth-order valence-corrected chi connectivity index (χ4v) is 3.66. The average Bonchev–Trinajstić information content (AvgIpc) is 2.91. The van der Waals surface area contributed by atoms with Gasteiger partial charge in [0, 0.05) is 18.1 Å². The zero-order valence-corrected chi connectivity index (χ0v) is 11.1. The predicted molar refractivity (Wildman–Crippen MR) is 75.6 cm³/mol. The maximum Gasteiger partial charge on any atom is 0.0350 e. The zero-order valence-electron chi connectivity index (χ0n) is 11.1. The Hall–Kier alpha value is -0.860. The first-order valence-corrected chi connectivity index (χ1v) is 7.36. The molecule has 3 N–H and O–H groups in total. The van der Waals surface area contributed by atoms with Gasteiger partial charge in [0.2, 0.25) is 0 Å². The van der Waals surface area contributed by atoms with Crippen LogP contribution in [0.4, 0.5) is 0 Å². The van der Waals surface area contributed by atoms with Crippen molar-refractivity contribution in [1.82, 2.24) is 5.32 Å². The van der Waals surface area contributed by atoms with E-state index >= 15 is 0 Å². The zero-order chi connectivity index (χ0) is 12.4. The Morgan fingerprint density at radius 2 is 1.89 bits per heavy atom. The van der Waals surface area contributed by atoms with Gasteiger partial charge in [0.05, 0.1) is 0 Å². The van der Waals surface area contributed by atoms with E-state index in [-0.39, 0.29) is 5.54 Å². The Balaban J connectivity index is 1.77. The van der Waals surface area contributed by atoms with Crippen molar-refractivity contribution in [3.63, 3.8) is 0 Å². The van der Waals surface area contributed by atoms with Crippen LogP contribution in [0.5, 0.6) is 0 Å². The van der Waals surface area contributed by atoms with Crippen LogP contribution in [0.3, 0.4) is 0 Å². The summed E-state index contributed by atoms with van der Waals surface area (Å²) in [4.78, 5) is 0. The van der Waals surface area contributed by atoms with Gasteiger partial charge in [0.1, 0.15) is 0 Å². The summed E-state index contributed by atoms with van der Waals surface area (Å²) in [7, 11) is 0. The second kappa shape index (κ2) is 5.02. The molecule has 0 radical (unpaired) electrons. The van der Waals surface area contributed by atoms with Crippen molar-refractivity contribution in [3.05, 3.63) is 35.4 Å². The van der Waals surface area contributed by atoms with Crippen LogP contribution in [0.1, 0.15) is 43.2 Å². The summed E-state index contributed by atoms with van der Waals surface area (Å²) in [5, 5.41) is 3.90. The van der Waals surface area contributed by atoms with E-state index in [4.69, 9.17) is 5.73 Å². The first kappa shape index (κ1) is 12.2. The number of hydrogen-bond acceptors (Lipinski definition) is 2. The Labute approximate surface area is 110 Å². The summed E-state index contributed by atoms with van der Waals surface area (Å²) in [6.45, 7) is 0.762. The topological polar surface area (TPSA) is 38.0 Å². The van der Waals surface area contributed by atoms with Gasteiger partial charge in [-0.3, -0.25) is 0 Å². The molecule has 0 amide bonds. The monoisotopic (exact) mass is 244 g/mol. The number of benzene rings is 1. The second-order valence-corrected chi connectivity index (χ2v) is 6.06. The minimum absolute atomic E-state index is 0.156. The van der Waals surface area contributed by atoms with Gasteiger partial charge in [0.15, 0.2) is 0 Å². The predicted octanol–water partition coefficient (Wildman–Crippen LogP) is 2.41.